The molecule has 4 heteroatoms. The third kappa shape index (κ3) is 3.35. The van der Waals surface area contributed by atoms with Crippen LogP contribution in [0.1, 0.15) is 24.3 Å². The second-order valence-electron chi connectivity index (χ2n) is 3.61. The molecule has 0 saturated carbocycles. The van der Waals surface area contributed by atoms with Gasteiger partial charge in [-0.15, -0.1) is 0 Å². The molecule has 1 rings (SSSR count). The SMILES string of the molecule is Cc1nc(CSCC(C)CN)oc1C. The lowest BCUT2D eigenvalue weighted by Gasteiger charge is -2.05. The van der Waals surface area contributed by atoms with Crippen LogP contribution in [0, 0.1) is 19.8 Å². The standard InChI is InChI=1S/C10H18N2OS/c1-7(4-11)5-14-6-10-12-8(2)9(3)13-10/h7H,4-6,11H2,1-3H3. The molecule has 0 aromatic carbocycles. The smallest absolute Gasteiger partial charge is 0.204 e. The van der Waals surface area contributed by atoms with Crippen LogP contribution in [0.25, 0.3) is 0 Å². The summed E-state index contributed by atoms with van der Waals surface area (Å²) in [7, 11) is 0. The summed E-state index contributed by atoms with van der Waals surface area (Å²) in [4.78, 5) is 4.31. The fourth-order valence-corrected chi connectivity index (χ4v) is 1.97. The van der Waals surface area contributed by atoms with Crippen LogP contribution in [0.15, 0.2) is 4.42 Å². The normalized spacial score (nSPS) is 13.1. The Bertz CT molecular complexity index is 266. The summed E-state index contributed by atoms with van der Waals surface area (Å²) < 4.78 is 5.47. The Hall–Kier alpha value is -0.480. The molecule has 0 fully saturated rings. The van der Waals surface area contributed by atoms with Gasteiger partial charge in [0, 0.05) is 0 Å². The van der Waals surface area contributed by atoms with Crippen molar-refractivity contribution in [3.8, 4) is 0 Å². The maximum atomic E-state index is 5.53. The number of aromatic nitrogens is 1. The van der Waals surface area contributed by atoms with Gasteiger partial charge in [0.2, 0.25) is 5.89 Å². The van der Waals surface area contributed by atoms with Gasteiger partial charge in [-0.05, 0) is 32.1 Å². The molecule has 80 valence electrons. The van der Waals surface area contributed by atoms with E-state index in [9.17, 15) is 0 Å². The minimum absolute atomic E-state index is 0.567. The summed E-state index contributed by atoms with van der Waals surface area (Å²) in [6.45, 7) is 6.81. The maximum Gasteiger partial charge on any atom is 0.204 e. The van der Waals surface area contributed by atoms with Crippen molar-refractivity contribution in [2.75, 3.05) is 12.3 Å². The molecule has 14 heavy (non-hydrogen) atoms. The predicted molar refractivity (Wildman–Crippen MR) is 60.4 cm³/mol. The van der Waals surface area contributed by atoms with Gasteiger partial charge in [-0.3, -0.25) is 0 Å². The third-order valence-electron chi connectivity index (χ3n) is 2.10. The van der Waals surface area contributed by atoms with Crippen LogP contribution >= 0.6 is 11.8 Å². The molecule has 2 N–H and O–H groups in total. The van der Waals surface area contributed by atoms with E-state index in [0.29, 0.717) is 5.92 Å². The lowest BCUT2D eigenvalue weighted by Crippen LogP contribution is -2.12. The average Bonchev–Trinajstić information content (AvgIpc) is 2.46. The predicted octanol–water partition coefficient (Wildman–Crippen LogP) is 2.12. The zero-order valence-electron chi connectivity index (χ0n) is 9.04. The summed E-state index contributed by atoms with van der Waals surface area (Å²) in [5.41, 5.74) is 6.52. The Balaban J connectivity index is 2.31. The van der Waals surface area contributed by atoms with E-state index in [4.69, 9.17) is 10.2 Å². The number of hydrogen-bond donors (Lipinski definition) is 1. The minimum atomic E-state index is 0.567. The number of thioether (sulfide) groups is 1. The molecule has 0 aliphatic heterocycles. The summed E-state index contributed by atoms with van der Waals surface area (Å²) in [6, 6.07) is 0. The number of hydrogen-bond acceptors (Lipinski definition) is 4. The molecule has 1 heterocycles. The molecular weight excluding hydrogens is 196 g/mol. The summed E-state index contributed by atoms with van der Waals surface area (Å²) in [5.74, 6) is 4.23. The highest BCUT2D eigenvalue weighted by molar-refractivity contribution is 7.98. The van der Waals surface area contributed by atoms with Crippen molar-refractivity contribution in [3.05, 3.63) is 17.3 Å². The van der Waals surface area contributed by atoms with Crippen LogP contribution in [0.2, 0.25) is 0 Å². The van der Waals surface area contributed by atoms with Crippen molar-refractivity contribution in [2.24, 2.45) is 11.7 Å². The molecule has 0 aliphatic rings. The molecule has 1 aromatic heterocycles. The lowest BCUT2D eigenvalue weighted by atomic mass is 10.2. The Morgan fingerprint density at radius 3 is 2.71 bits per heavy atom. The van der Waals surface area contributed by atoms with Crippen molar-refractivity contribution in [1.29, 1.82) is 0 Å². The molecule has 0 aliphatic carbocycles. The van der Waals surface area contributed by atoms with Crippen molar-refractivity contribution >= 4 is 11.8 Å². The molecule has 1 atom stereocenters. The second kappa shape index (κ2) is 5.41. The average molecular weight is 214 g/mol. The summed E-state index contributed by atoms with van der Waals surface area (Å²) in [6.07, 6.45) is 0. The number of oxazole rings is 1. The molecule has 0 amide bonds. The van der Waals surface area contributed by atoms with Gasteiger partial charge in [0.25, 0.3) is 0 Å². The quantitative estimate of drug-likeness (QED) is 0.815. The topological polar surface area (TPSA) is 52.0 Å². The third-order valence-corrected chi connectivity index (χ3v) is 3.36. The molecule has 1 aromatic rings. The second-order valence-corrected chi connectivity index (χ2v) is 4.64. The molecule has 3 nitrogen and oxygen atoms in total. The monoisotopic (exact) mass is 214 g/mol. The minimum Gasteiger partial charge on any atom is -0.445 e. The van der Waals surface area contributed by atoms with Gasteiger partial charge in [0.1, 0.15) is 5.76 Å². The highest BCUT2D eigenvalue weighted by atomic mass is 32.2. The first-order chi connectivity index (χ1) is 6.63. The number of nitrogens with zero attached hydrogens (tertiary/aromatic N) is 1. The first-order valence-electron chi connectivity index (χ1n) is 4.84. The van der Waals surface area contributed by atoms with Gasteiger partial charge >= 0.3 is 0 Å². The van der Waals surface area contributed by atoms with Crippen LogP contribution < -0.4 is 5.73 Å². The molecule has 0 saturated heterocycles. The van der Waals surface area contributed by atoms with Gasteiger partial charge in [0.15, 0.2) is 0 Å². The largest absolute Gasteiger partial charge is 0.445 e. The Morgan fingerprint density at radius 1 is 1.50 bits per heavy atom. The van der Waals surface area contributed by atoms with E-state index in [-0.39, 0.29) is 0 Å². The zero-order valence-corrected chi connectivity index (χ0v) is 9.86. The highest BCUT2D eigenvalue weighted by Gasteiger charge is 2.06. The van der Waals surface area contributed by atoms with E-state index >= 15 is 0 Å². The lowest BCUT2D eigenvalue weighted by molar-refractivity contribution is 0.489. The van der Waals surface area contributed by atoms with E-state index < -0.39 is 0 Å². The first-order valence-corrected chi connectivity index (χ1v) is 5.99. The van der Waals surface area contributed by atoms with Gasteiger partial charge in [-0.2, -0.15) is 11.8 Å². The number of aryl methyl sites for hydroxylation is 2. The Morgan fingerprint density at radius 2 is 2.21 bits per heavy atom. The molecule has 0 bridgehead atoms. The van der Waals surface area contributed by atoms with Crippen LogP contribution in [-0.2, 0) is 5.75 Å². The van der Waals surface area contributed by atoms with E-state index in [1.807, 2.05) is 25.6 Å². The van der Waals surface area contributed by atoms with Gasteiger partial charge in [-0.1, -0.05) is 6.92 Å². The first kappa shape index (κ1) is 11.6. The number of nitrogens with two attached hydrogens (primary N) is 1. The van der Waals surface area contributed by atoms with Gasteiger partial charge in [0.05, 0.1) is 11.4 Å². The zero-order chi connectivity index (χ0) is 10.6. The van der Waals surface area contributed by atoms with Gasteiger partial charge in [-0.25, -0.2) is 4.98 Å². The number of rotatable bonds is 5. The molecular formula is C10H18N2OS. The van der Waals surface area contributed by atoms with E-state index in [2.05, 4.69) is 11.9 Å². The highest BCUT2D eigenvalue weighted by Crippen LogP contribution is 2.16. The van der Waals surface area contributed by atoms with Crippen LogP contribution in [0.4, 0.5) is 0 Å². The fourth-order valence-electron chi connectivity index (χ4n) is 1.02. The van der Waals surface area contributed by atoms with Gasteiger partial charge < -0.3 is 10.2 Å². The summed E-state index contributed by atoms with van der Waals surface area (Å²) in [5, 5.41) is 0. The van der Waals surface area contributed by atoms with Crippen LogP contribution in [-0.4, -0.2) is 17.3 Å². The fraction of sp³-hybridized carbons (Fsp3) is 0.700. The molecule has 1 unspecified atom stereocenters. The molecule has 0 radical (unpaired) electrons. The molecule has 0 spiro atoms. The van der Waals surface area contributed by atoms with E-state index in [1.54, 1.807) is 0 Å². The van der Waals surface area contributed by atoms with Crippen molar-refractivity contribution in [2.45, 2.75) is 26.5 Å². The Kier molecular flexibility index (Phi) is 4.48. The van der Waals surface area contributed by atoms with E-state index in [0.717, 1.165) is 35.4 Å². The van der Waals surface area contributed by atoms with Crippen molar-refractivity contribution in [1.82, 2.24) is 4.98 Å². The van der Waals surface area contributed by atoms with Crippen molar-refractivity contribution in [3.63, 3.8) is 0 Å². The van der Waals surface area contributed by atoms with Crippen LogP contribution in [0.5, 0.6) is 0 Å². The van der Waals surface area contributed by atoms with Crippen molar-refractivity contribution < 1.29 is 4.42 Å². The Labute approximate surface area is 89.5 Å². The summed E-state index contributed by atoms with van der Waals surface area (Å²) >= 11 is 1.82. The van der Waals surface area contributed by atoms with Crippen LogP contribution in [0.3, 0.4) is 0 Å². The van der Waals surface area contributed by atoms with E-state index in [1.165, 1.54) is 0 Å². The maximum absolute atomic E-state index is 5.53.